The third kappa shape index (κ3) is 9.76. The molecule has 0 aliphatic carbocycles. The van der Waals surface area contributed by atoms with Crippen molar-refractivity contribution in [1.82, 2.24) is 20.4 Å². The van der Waals surface area contributed by atoms with Crippen molar-refractivity contribution >= 4 is 29.9 Å². The number of rotatable bonds is 8. The van der Waals surface area contributed by atoms with E-state index in [0.717, 1.165) is 31.5 Å². The fourth-order valence-corrected chi connectivity index (χ4v) is 3.15. The van der Waals surface area contributed by atoms with Crippen LogP contribution in [0.4, 0.5) is 0 Å². The van der Waals surface area contributed by atoms with Gasteiger partial charge < -0.3 is 15.5 Å². The van der Waals surface area contributed by atoms with Crippen LogP contribution in [0.5, 0.6) is 0 Å². The molecule has 1 fully saturated rings. The largest absolute Gasteiger partial charge is 0.356 e. The number of halogens is 1. The molecule has 1 aliphatic rings. The summed E-state index contributed by atoms with van der Waals surface area (Å²) in [5.74, 6) is 1.64. The van der Waals surface area contributed by atoms with Gasteiger partial charge in [-0.2, -0.15) is 0 Å². The molecule has 2 rings (SSSR count). The van der Waals surface area contributed by atoms with Crippen molar-refractivity contribution in [3.05, 3.63) is 35.4 Å². The van der Waals surface area contributed by atoms with Gasteiger partial charge in [-0.15, -0.1) is 24.0 Å². The summed E-state index contributed by atoms with van der Waals surface area (Å²) in [5.41, 5.74) is 2.69. The number of likely N-dealkylation sites (N-methyl/N-ethyl adjacent to an activating group) is 1. The monoisotopic (exact) mass is 487 g/mol. The van der Waals surface area contributed by atoms with Crippen LogP contribution < -0.4 is 10.6 Å². The molecule has 1 aromatic rings. The summed E-state index contributed by atoms with van der Waals surface area (Å²) in [4.78, 5) is 9.24. The standard InChI is InChI=1S/C21H37N5.HI/c1-18(2)6-5-11-23-21(22-3)24-16-19-7-9-20(10-8-19)17-26-14-12-25(4)13-15-26;/h7-10,18H,5-6,11-17H2,1-4H3,(H2,22,23,24);1H. The van der Waals surface area contributed by atoms with Gasteiger partial charge in [0.1, 0.15) is 0 Å². The molecule has 6 heteroatoms. The van der Waals surface area contributed by atoms with Crippen molar-refractivity contribution in [2.75, 3.05) is 46.8 Å². The highest BCUT2D eigenvalue weighted by Crippen LogP contribution is 2.09. The molecule has 1 aliphatic heterocycles. The Morgan fingerprint density at radius 1 is 1.04 bits per heavy atom. The van der Waals surface area contributed by atoms with E-state index in [0.29, 0.717) is 0 Å². The smallest absolute Gasteiger partial charge is 0.191 e. The van der Waals surface area contributed by atoms with E-state index in [4.69, 9.17) is 0 Å². The average Bonchev–Trinajstić information content (AvgIpc) is 2.64. The first-order valence-corrected chi connectivity index (χ1v) is 10.00. The molecule has 0 atom stereocenters. The minimum atomic E-state index is 0. The quantitative estimate of drug-likeness (QED) is 0.256. The van der Waals surface area contributed by atoms with Gasteiger partial charge in [0.05, 0.1) is 0 Å². The topological polar surface area (TPSA) is 42.9 Å². The highest BCUT2D eigenvalue weighted by molar-refractivity contribution is 14.0. The van der Waals surface area contributed by atoms with E-state index in [1.54, 1.807) is 0 Å². The van der Waals surface area contributed by atoms with Crippen molar-refractivity contribution in [2.45, 2.75) is 39.8 Å². The van der Waals surface area contributed by atoms with Crippen molar-refractivity contribution in [2.24, 2.45) is 10.9 Å². The minimum Gasteiger partial charge on any atom is -0.356 e. The Hall–Kier alpha value is -0.860. The van der Waals surface area contributed by atoms with E-state index in [2.05, 4.69) is 70.6 Å². The van der Waals surface area contributed by atoms with E-state index < -0.39 is 0 Å². The maximum Gasteiger partial charge on any atom is 0.191 e. The molecule has 27 heavy (non-hydrogen) atoms. The number of hydrogen-bond donors (Lipinski definition) is 2. The second-order valence-electron chi connectivity index (χ2n) is 7.78. The summed E-state index contributed by atoms with van der Waals surface area (Å²) in [7, 11) is 4.03. The van der Waals surface area contributed by atoms with Crippen molar-refractivity contribution < 1.29 is 0 Å². The predicted molar refractivity (Wildman–Crippen MR) is 127 cm³/mol. The maximum absolute atomic E-state index is 4.30. The maximum atomic E-state index is 4.30. The van der Waals surface area contributed by atoms with Crippen molar-refractivity contribution in [3.8, 4) is 0 Å². The van der Waals surface area contributed by atoms with Gasteiger partial charge in [0, 0.05) is 52.9 Å². The van der Waals surface area contributed by atoms with Crippen LogP contribution in [0, 0.1) is 5.92 Å². The molecule has 0 aromatic heterocycles. The summed E-state index contributed by atoms with van der Waals surface area (Å²) < 4.78 is 0. The molecule has 0 saturated carbocycles. The van der Waals surface area contributed by atoms with Gasteiger partial charge in [-0.1, -0.05) is 38.1 Å². The zero-order chi connectivity index (χ0) is 18.8. The number of hydrogen-bond acceptors (Lipinski definition) is 3. The molecule has 5 nitrogen and oxygen atoms in total. The van der Waals surface area contributed by atoms with Crippen LogP contribution in [-0.4, -0.2) is 62.6 Å². The first-order chi connectivity index (χ1) is 12.6. The van der Waals surface area contributed by atoms with Gasteiger partial charge in [0.2, 0.25) is 0 Å². The van der Waals surface area contributed by atoms with Crippen LogP contribution in [0.25, 0.3) is 0 Å². The van der Waals surface area contributed by atoms with Crippen molar-refractivity contribution in [1.29, 1.82) is 0 Å². The Balaban J connectivity index is 0.00000364. The molecule has 0 radical (unpaired) electrons. The lowest BCUT2D eigenvalue weighted by Gasteiger charge is -2.32. The number of benzene rings is 1. The third-order valence-corrected chi connectivity index (χ3v) is 4.96. The van der Waals surface area contributed by atoms with Gasteiger partial charge in [0.15, 0.2) is 5.96 Å². The average molecular weight is 487 g/mol. The Labute approximate surface area is 183 Å². The van der Waals surface area contributed by atoms with E-state index in [1.165, 1.54) is 50.1 Å². The zero-order valence-electron chi connectivity index (χ0n) is 17.5. The van der Waals surface area contributed by atoms with Crippen molar-refractivity contribution in [3.63, 3.8) is 0 Å². The molecule has 0 spiro atoms. The van der Waals surface area contributed by atoms with Crippen LogP contribution >= 0.6 is 24.0 Å². The normalized spacial score (nSPS) is 16.3. The SMILES string of the molecule is CN=C(NCCCC(C)C)NCc1ccc(CN2CCN(C)CC2)cc1.I. The molecule has 1 heterocycles. The van der Waals surface area contributed by atoms with Gasteiger partial charge in [-0.25, -0.2) is 0 Å². The van der Waals surface area contributed by atoms with Crippen LogP contribution in [0.3, 0.4) is 0 Å². The zero-order valence-corrected chi connectivity index (χ0v) is 19.8. The Bertz CT molecular complexity index is 536. The number of guanidine groups is 1. The lowest BCUT2D eigenvalue weighted by molar-refractivity contribution is 0.148. The third-order valence-electron chi connectivity index (χ3n) is 4.96. The molecule has 0 unspecified atom stereocenters. The molecule has 2 N–H and O–H groups in total. The van der Waals surface area contributed by atoms with E-state index in [9.17, 15) is 0 Å². The lowest BCUT2D eigenvalue weighted by Crippen LogP contribution is -2.43. The number of aliphatic imine (C=N–C) groups is 1. The van der Waals surface area contributed by atoms with Gasteiger partial charge in [0.25, 0.3) is 0 Å². The van der Waals surface area contributed by atoms with Gasteiger partial charge in [-0.05, 0) is 36.9 Å². The fourth-order valence-electron chi connectivity index (χ4n) is 3.15. The second-order valence-corrected chi connectivity index (χ2v) is 7.78. The Kier molecular flexibility index (Phi) is 11.9. The van der Waals surface area contributed by atoms with Crippen LogP contribution in [0.2, 0.25) is 0 Å². The molecule has 1 aromatic carbocycles. The number of nitrogens with zero attached hydrogens (tertiary/aromatic N) is 3. The van der Waals surface area contributed by atoms with Gasteiger partial charge in [-0.3, -0.25) is 9.89 Å². The molecule has 0 bridgehead atoms. The second kappa shape index (κ2) is 13.3. The number of piperazine rings is 1. The summed E-state index contributed by atoms with van der Waals surface area (Å²) in [5, 5.41) is 6.79. The van der Waals surface area contributed by atoms with Gasteiger partial charge >= 0.3 is 0 Å². The Morgan fingerprint density at radius 3 is 2.26 bits per heavy atom. The van der Waals surface area contributed by atoms with E-state index in [-0.39, 0.29) is 24.0 Å². The first-order valence-electron chi connectivity index (χ1n) is 10.00. The molecular formula is C21H38IN5. The van der Waals surface area contributed by atoms with E-state index >= 15 is 0 Å². The summed E-state index contributed by atoms with van der Waals surface area (Å²) >= 11 is 0. The predicted octanol–water partition coefficient (Wildman–Crippen LogP) is 3.15. The molecule has 1 saturated heterocycles. The van der Waals surface area contributed by atoms with Crippen LogP contribution in [-0.2, 0) is 13.1 Å². The molecular weight excluding hydrogens is 449 g/mol. The minimum absolute atomic E-state index is 0. The first kappa shape index (κ1) is 24.2. The van der Waals surface area contributed by atoms with Crippen LogP contribution in [0.15, 0.2) is 29.3 Å². The summed E-state index contributed by atoms with van der Waals surface area (Å²) in [6.07, 6.45) is 2.43. The van der Waals surface area contributed by atoms with Crippen LogP contribution in [0.1, 0.15) is 37.8 Å². The summed E-state index contributed by atoms with van der Waals surface area (Å²) in [6, 6.07) is 8.97. The highest BCUT2D eigenvalue weighted by atomic mass is 127. The van der Waals surface area contributed by atoms with E-state index in [1.807, 2.05) is 7.05 Å². The Morgan fingerprint density at radius 2 is 1.67 bits per heavy atom. The highest BCUT2D eigenvalue weighted by Gasteiger charge is 2.13. The fraction of sp³-hybridized carbons (Fsp3) is 0.667. The number of nitrogens with one attached hydrogen (secondary N) is 2. The molecule has 154 valence electrons. The lowest BCUT2D eigenvalue weighted by atomic mass is 10.1. The summed E-state index contributed by atoms with van der Waals surface area (Å²) in [6.45, 7) is 12.0. The molecule has 0 amide bonds.